The summed E-state index contributed by atoms with van der Waals surface area (Å²) in [4.78, 5) is 40.1. The molecule has 0 aliphatic carbocycles. The zero-order valence-electron chi connectivity index (χ0n) is 43.0. The van der Waals surface area contributed by atoms with Crippen molar-refractivity contribution in [3.63, 3.8) is 0 Å². The Kier molecular flexibility index (Phi) is 22.4. The van der Waals surface area contributed by atoms with Gasteiger partial charge < -0.3 is 73.6 Å². The van der Waals surface area contributed by atoms with E-state index in [1.807, 2.05) is 32.9 Å². The third-order valence-corrected chi connectivity index (χ3v) is 13.8. The maximum absolute atomic E-state index is 14.0. The fraction of sp³-hybridized carbons (Fsp3) is 0.635. The minimum Gasteiger partial charge on any atom is -0.505 e. The minimum absolute atomic E-state index is 0.0379. The average molecular weight is 1060 g/mol. The molecule has 20 heteroatoms. The first-order valence-electron chi connectivity index (χ1n) is 24.2. The molecule has 0 saturated carbocycles. The van der Waals surface area contributed by atoms with Gasteiger partial charge in [0, 0.05) is 19.4 Å². The van der Waals surface area contributed by atoms with E-state index in [2.05, 4.69) is 0 Å². The van der Waals surface area contributed by atoms with Crippen molar-refractivity contribution < 1.29 is 88.0 Å². The second-order valence-electron chi connectivity index (χ2n) is 19.4. The molecule has 14 unspecified atom stereocenters. The molecule has 0 bridgehead atoms. The van der Waals surface area contributed by atoms with Gasteiger partial charge in [0.05, 0.1) is 53.1 Å². The van der Waals surface area contributed by atoms with Crippen molar-refractivity contribution in [2.75, 3.05) is 13.7 Å². The van der Waals surface area contributed by atoms with Gasteiger partial charge in [0.15, 0.2) is 36.3 Å². The molecule has 2 fully saturated rings. The second-order valence-corrected chi connectivity index (χ2v) is 20.1. The van der Waals surface area contributed by atoms with Crippen molar-refractivity contribution in [3.05, 3.63) is 79.9 Å². The number of cyclic esters (lactones) is 1. The molecule has 7 N–H and O–H groups in total. The number of benzene rings is 1. The highest BCUT2D eigenvalue weighted by atomic mass is 35.5. The molecule has 2 saturated heterocycles. The summed E-state index contributed by atoms with van der Waals surface area (Å²) < 4.78 is 47.5. The van der Waals surface area contributed by atoms with Gasteiger partial charge in [-0.2, -0.15) is 0 Å². The van der Waals surface area contributed by atoms with E-state index >= 15 is 0 Å². The van der Waals surface area contributed by atoms with E-state index in [4.69, 9.17) is 61.1 Å². The number of carbonyl (C=O) groups excluding carboxylic acids is 3. The van der Waals surface area contributed by atoms with Crippen LogP contribution in [-0.2, 0) is 53.9 Å². The Morgan fingerprint density at radius 3 is 2.17 bits per heavy atom. The summed E-state index contributed by atoms with van der Waals surface area (Å²) in [6.07, 6.45) is -5.43. The molecule has 3 aliphatic rings. The Morgan fingerprint density at radius 2 is 1.57 bits per heavy atom. The smallest absolute Gasteiger partial charge is 0.342 e. The molecule has 1 aromatic rings. The SMILES string of the molecule is CCc1c(Cl)c(O)c(Cl)c(O)c1C(=O)OC1C(C)OC(OC/C2=C/C=C/CC(O)/C(C)=C\C(CC)C(OC3OC(C)(C)C(O)C(OC(=O)C(C)C)C3O)/C(C)=C/C(C)=C/CC(C(C)O)OC2=O)C(OC)C1O. The lowest BCUT2D eigenvalue weighted by atomic mass is 9.88. The maximum Gasteiger partial charge on any atom is 0.342 e. The van der Waals surface area contributed by atoms with Crippen LogP contribution in [0.4, 0.5) is 0 Å². The van der Waals surface area contributed by atoms with Crippen LogP contribution in [0.3, 0.4) is 0 Å². The summed E-state index contributed by atoms with van der Waals surface area (Å²) in [6, 6.07) is 0. The Morgan fingerprint density at radius 1 is 0.903 bits per heavy atom. The summed E-state index contributed by atoms with van der Waals surface area (Å²) in [5.41, 5.74) is 0.283. The van der Waals surface area contributed by atoms with E-state index in [1.165, 1.54) is 33.1 Å². The van der Waals surface area contributed by atoms with Gasteiger partial charge in [0.1, 0.15) is 41.1 Å². The highest BCUT2D eigenvalue weighted by molar-refractivity contribution is 6.39. The van der Waals surface area contributed by atoms with Crippen molar-refractivity contribution in [1.29, 1.82) is 0 Å². The Balaban J connectivity index is 1.62. The Labute approximate surface area is 431 Å². The number of ether oxygens (including phenoxy) is 8. The van der Waals surface area contributed by atoms with Crippen molar-refractivity contribution in [3.8, 4) is 11.5 Å². The van der Waals surface area contributed by atoms with Crippen LogP contribution in [0.15, 0.2) is 58.7 Å². The number of hydrogen-bond acceptors (Lipinski definition) is 18. The molecule has 0 aromatic heterocycles. The maximum atomic E-state index is 14.0. The number of phenolic OH excluding ortho intramolecular Hbond substituents is 2. The van der Waals surface area contributed by atoms with Crippen molar-refractivity contribution in [1.82, 2.24) is 0 Å². The molecule has 0 amide bonds. The molecule has 0 radical (unpaired) electrons. The number of aromatic hydroxyl groups is 2. The third-order valence-electron chi connectivity index (χ3n) is 13.0. The number of rotatable bonds is 13. The van der Waals surface area contributed by atoms with Gasteiger partial charge in [-0.3, -0.25) is 4.79 Å². The molecule has 404 valence electrons. The van der Waals surface area contributed by atoms with Crippen molar-refractivity contribution >= 4 is 41.1 Å². The molecular formula is C52H74Cl2O18. The number of carbonyl (C=O) groups is 3. The topological polar surface area (TPSA) is 267 Å². The van der Waals surface area contributed by atoms with Crippen molar-refractivity contribution in [2.45, 2.75) is 187 Å². The highest BCUT2D eigenvalue weighted by Gasteiger charge is 2.53. The van der Waals surface area contributed by atoms with E-state index in [-0.39, 0.29) is 35.4 Å². The number of allylic oxidation sites excluding steroid dienone is 4. The third kappa shape index (κ3) is 14.7. The fourth-order valence-corrected chi connectivity index (χ4v) is 9.08. The number of aliphatic hydroxyl groups is 5. The first kappa shape index (κ1) is 60.7. The summed E-state index contributed by atoms with van der Waals surface area (Å²) in [6.45, 7) is 18.0. The average Bonchev–Trinajstić information content (AvgIpc) is 3.32. The molecule has 3 aliphatic heterocycles. The second kappa shape index (κ2) is 26.5. The predicted octanol–water partition coefficient (Wildman–Crippen LogP) is 6.23. The van der Waals surface area contributed by atoms with E-state index < -0.39 is 144 Å². The van der Waals surface area contributed by atoms with Crippen LogP contribution in [0.5, 0.6) is 11.5 Å². The molecule has 0 spiro atoms. The minimum atomic E-state index is -1.57. The van der Waals surface area contributed by atoms with Gasteiger partial charge in [-0.15, -0.1) is 0 Å². The van der Waals surface area contributed by atoms with Gasteiger partial charge in [-0.1, -0.05) is 86.9 Å². The Bertz CT molecular complexity index is 2220. The van der Waals surface area contributed by atoms with Crippen LogP contribution in [0.25, 0.3) is 0 Å². The molecule has 18 nitrogen and oxygen atoms in total. The van der Waals surface area contributed by atoms with Crippen molar-refractivity contribution in [2.24, 2.45) is 11.8 Å². The number of hydrogen-bond donors (Lipinski definition) is 7. The number of halogens is 2. The lowest BCUT2D eigenvalue weighted by Crippen LogP contribution is -2.64. The zero-order chi connectivity index (χ0) is 54.1. The summed E-state index contributed by atoms with van der Waals surface area (Å²) >= 11 is 12.3. The molecular weight excluding hydrogens is 983 g/mol. The predicted molar refractivity (Wildman–Crippen MR) is 265 cm³/mol. The van der Waals surface area contributed by atoms with E-state index in [1.54, 1.807) is 53.7 Å². The lowest BCUT2D eigenvalue weighted by molar-refractivity contribution is -0.333. The normalized spacial score (nSPS) is 34.8. The number of methoxy groups -OCH3 is 1. The van der Waals surface area contributed by atoms with Gasteiger partial charge >= 0.3 is 17.9 Å². The largest absolute Gasteiger partial charge is 0.505 e. The van der Waals surface area contributed by atoms with E-state index in [0.717, 1.165) is 0 Å². The van der Waals surface area contributed by atoms with E-state index in [0.29, 0.717) is 23.1 Å². The highest BCUT2D eigenvalue weighted by Crippen LogP contribution is 2.45. The van der Waals surface area contributed by atoms with E-state index in [9.17, 15) is 50.1 Å². The first-order valence-corrected chi connectivity index (χ1v) is 24.9. The van der Waals surface area contributed by atoms with Gasteiger partial charge in [-0.25, -0.2) is 9.59 Å². The quantitative estimate of drug-likeness (QED) is 0.0655. The number of phenols is 2. The Hall–Kier alpha value is -3.89. The van der Waals surface area contributed by atoms with Crippen LogP contribution in [0.1, 0.15) is 111 Å². The molecule has 1 aromatic carbocycles. The zero-order valence-corrected chi connectivity index (χ0v) is 44.5. The number of esters is 3. The molecule has 72 heavy (non-hydrogen) atoms. The number of aliphatic hydroxyl groups excluding tert-OH is 5. The molecule has 3 heterocycles. The van der Waals surface area contributed by atoms with Gasteiger partial charge in [0.25, 0.3) is 0 Å². The lowest BCUT2D eigenvalue weighted by Gasteiger charge is -2.47. The van der Waals surface area contributed by atoms with Gasteiger partial charge in [0.2, 0.25) is 0 Å². The summed E-state index contributed by atoms with van der Waals surface area (Å²) in [5.74, 6) is -4.88. The van der Waals surface area contributed by atoms with Crippen LogP contribution >= 0.6 is 23.2 Å². The summed E-state index contributed by atoms with van der Waals surface area (Å²) in [5, 5.41) is 76.5. The summed E-state index contributed by atoms with van der Waals surface area (Å²) in [7, 11) is 1.26. The van der Waals surface area contributed by atoms with Crippen LogP contribution in [0.2, 0.25) is 10.0 Å². The molecule has 4 rings (SSSR count). The van der Waals surface area contributed by atoms with Crippen LogP contribution < -0.4 is 0 Å². The van der Waals surface area contributed by atoms with Crippen LogP contribution in [0, 0.1) is 11.8 Å². The molecule has 14 atom stereocenters. The fourth-order valence-electron chi connectivity index (χ4n) is 8.52. The monoisotopic (exact) mass is 1060 g/mol. The van der Waals surface area contributed by atoms with Crippen LogP contribution in [-0.4, -0.2) is 153 Å². The standard InChI is InChI=1S/C52H74Cl2O18/c1-13-30-22-26(6)33(56)18-16-15-17-31(23-66-51-45(65-12)40(59)43(29(9)67-51)69-49(64)35-32(14-2)36(53)39(58)37(54)38(35)57)48(63)68-34(28(8)55)20-19-25(5)21-27(7)42(30)71-50-41(60)44(70-47(62)24(3)4)46(61)52(10,11)72-50/h15-17,19,21-22,24,28-30,33-34,40-46,50-51,55-61H,13-14,18,20,23H2,1-12H3/b16-15+,25-19+,26-22-,27-21+,31-17-. The first-order chi connectivity index (χ1) is 33.7. The van der Waals surface area contributed by atoms with Gasteiger partial charge in [-0.05, 0) is 90.5 Å².